The van der Waals surface area contributed by atoms with Gasteiger partial charge in [0, 0.05) is 48.0 Å². The molecule has 3 aliphatic heterocycles. The third kappa shape index (κ3) is 3.70. The van der Waals surface area contributed by atoms with Crippen molar-refractivity contribution >= 4 is 29.3 Å². The van der Waals surface area contributed by atoms with Gasteiger partial charge in [-0.15, -0.1) is 0 Å². The third-order valence-corrected chi connectivity index (χ3v) is 7.09. The normalized spacial score (nSPS) is 25.5. The molecule has 160 valence electrons. The monoisotopic (exact) mass is 438 g/mol. The molecular formula is C19H21F3N6OS. The zero-order chi connectivity index (χ0) is 20.8. The van der Waals surface area contributed by atoms with Crippen molar-refractivity contribution in [1.82, 2.24) is 15.0 Å². The molecule has 0 saturated carbocycles. The molecule has 3 fully saturated rings. The number of pyridine rings is 1. The minimum Gasteiger partial charge on any atom is -0.431 e. The van der Waals surface area contributed by atoms with Crippen LogP contribution in [0.5, 0.6) is 5.75 Å². The molecule has 2 aromatic rings. The fraction of sp³-hybridized carbons (Fsp3) is 0.526. The maximum atomic E-state index is 13.8. The maximum absolute atomic E-state index is 13.8. The summed E-state index contributed by atoms with van der Waals surface area (Å²) in [4.78, 5) is 17.4. The molecule has 0 aliphatic carbocycles. The molecule has 2 bridgehead atoms. The van der Waals surface area contributed by atoms with Crippen LogP contribution in [0.1, 0.15) is 12.8 Å². The zero-order valence-corrected chi connectivity index (χ0v) is 16.9. The molecule has 0 spiro atoms. The summed E-state index contributed by atoms with van der Waals surface area (Å²) in [5.74, 6) is 1.92. The SMILES string of the molecule is Nc1ncc(-c2cc(N3C[C@@H]4C[C@H]3CS4)nc(N3CC[C@@H](F)C3)n2)cc1OC(F)F. The molecule has 7 nitrogen and oxygen atoms in total. The lowest BCUT2D eigenvalue weighted by Crippen LogP contribution is -2.35. The average molecular weight is 438 g/mol. The second kappa shape index (κ2) is 7.68. The van der Waals surface area contributed by atoms with Crippen LogP contribution in [0.15, 0.2) is 18.3 Å². The second-order valence-electron chi connectivity index (χ2n) is 7.73. The van der Waals surface area contributed by atoms with Gasteiger partial charge in [-0.1, -0.05) is 0 Å². The van der Waals surface area contributed by atoms with Gasteiger partial charge in [0.05, 0.1) is 12.2 Å². The summed E-state index contributed by atoms with van der Waals surface area (Å²) in [5.41, 5.74) is 6.67. The van der Waals surface area contributed by atoms with Gasteiger partial charge < -0.3 is 20.3 Å². The van der Waals surface area contributed by atoms with Crippen molar-refractivity contribution in [2.24, 2.45) is 0 Å². The molecule has 2 aromatic heterocycles. The summed E-state index contributed by atoms with van der Waals surface area (Å²) < 4.78 is 43.7. The van der Waals surface area contributed by atoms with E-state index in [2.05, 4.69) is 19.6 Å². The van der Waals surface area contributed by atoms with Crippen LogP contribution in [0.2, 0.25) is 0 Å². The molecule has 5 heterocycles. The largest absolute Gasteiger partial charge is 0.431 e. The molecule has 30 heavy (non-hydrogen) atoms. The van der Waals surface area contributed by atoms with Gasteiger partial charge in [0.15, 0.2) is 11.6 Å². The van der Waals surface area contributed by atoms with Crippen LogP contribution in [0.3, 0.4) is 0 Å². The average Bonchev–Trinajstić information content (AvgIpc) is 3.46. The number of anilines is 3. The predicted molar refractivity (Wildman–Crippen MR) is 110 cm³/mol. The first-order valence-electron chi connectivity index (χ1n) is 9.83. The van der Waals surface area contributed by atoms with E-state index in [-0.39, 0.29) is 18.1 Å². The van der Waals surface area contributed by atoms with E-state index in [1.807, 2.05) is 22.7 Å². The number of thioether (sulfide) groups is 1. The number of nitrogens with two attached hydrogens (primary N) is 1. The fourth-order valence-corrected chi connectivity index (χ4v) is 5.66. The highest BCUT2D eigenvalue weighted by atomic mass is 32.2. The minimum atomic E-state index is -3.01. The first-order chi connectivity index (χ1) is 14.5. The number of fused-ring (bicyclic) bond motifs is 2. The smallest absolute Gasteiger partial charge is 0.387 e. The van der Waals surface area contributed by atoms with Crippen LogP contribution in [0.25, 0.3) is 11.3 Å². The van der Waals surface area contributed by atoms with E-state index in [0.29, 0.717) is 41.5 Å². The predicted octanol–water partition coefficient (Wildman–Crippen LogP) is 2.96. The zero-order valence-electron chi connectivity index (χ0n) is 16.0. The molecule has 3 atom stereocenters. The van der Waals surface area contributed by atoms with Crippen LogP contribution in [0.4, 0.5) is 30.8 Å². The first-order valence-corrected chi connectivity index (χ1v) is 10.9. The van der Waals surface area contributed by atoms with Crippen LogP contribution >= 0.6 is 11.8 Å². The summed E-state index contributed by atoms with van der Waals surface area (Å²) in [6.07, 6.45) is 2.11. The first kappa shape index (κ1) is 19.5. The van der Waals surface area contributed by atoms with Crippen LogP contribution in [-0.4, -0.2) is 64.4 Å². The van der Waals surface area contributed by atoms with Gasteiger partial charge in [-0.2, -0.15) is 25.5 Å². The van der Waals surface area contributed by atoms with E-state index in [9.17, 15) is 13.2 Å². The molecule has 3 aliphatic rings. The van der Waals surface area contributed by atoms with E-state index < -0.39 is 12.8 Å². The molecule has 0 aromatic carbocycles. The molecule has 5 rings (SSSR count). The van der Waals surface area contributed by atoms with Crippen molar-refractivity contribution in [1.29, 1.82) is 0 Å². The highest BCUT2D eigenvalue weighted by Crippen LogP contribution is 2.41. The van der Waals surface area contributed by atoms with E-state index in [0.717, 1.165) is 24.5 Å². The summed E-state index contributed by atoms with van der Waals surface area (Å²) in [7, 11) is 0. The number of halogens is 3. The lowest BCUT2D eigenvalue weighted by molar-refractivity contribution is -0.0494. The summed E-state index contributed by atoms with van der Waals surface area (Å²) >= 11 is 1.97. The molecule has 0 amide bonds. The van der Waals surface area contributed by atoms with Crippen LogP contribution in [0, 0.1) is 0 Å². The second-order valence-corrected chi connectivity index (χ2v) is 9.06. The summed E-state index contributed by atoms with van der Waals surface area (Å²) in [5, 5.41) is 0.586. The number of hydrogen-bond acceptors (Lipinski definition) is 8. The molecular weight excluding hydrogens is 417 g/mol. The standard InChI is InChI=1S/C19H21F3N6OS/c20-11-1-2-27(7-11)19-25-14(10-3-15(29-18(21)22)17(23)24-6-10)5-16(26-19)28-8-13-4-12(28)9-30-13/h3,5-6,11-13,18H,1-2,4,7-9H2,(H2,23,24)/t11-,12+,13+/m1/s1. The Morgan fingerprint density at radius 1 is 1.23 bits per heavy atom. The molecule has 0 unspecified atom stereocenters. The van der Waals surface area contributed by atoms with E-state index in [1.54, 1.807) is 0 Å². The van der Waals surface area contributed by atoms with Gasteiger partial charge >= 0.3 is 6.61 Å². The quantitative estimate of drug-likeness (QED) is 0.763. The number of nitrogen functional groups attached to an aromatic ring is 1. The molecule has 11 heteroatoms. The summed E-state index contributed by atoms with van der Waals surface area (Å²) in [6, 6.07) is 3.64. The third-order valence-electron chi connectivity index (χ3n) is 5.70. The van der Waals surface area contributed by atoms with Crippen molar-refractivity contribution in [3.05, 3.63) is 18.3 Å². The van der Waals surface area contributed by atoms with Gasteiger partial charge in [-0.05, 0) is 18.9 Å². The number of ether oxygens (including phenoxy) is 1. The van der Waals surface area contributed by atoms with Gasteiger partial charge in [-0.3, -0.25) is 0 Å². The number of aromatic nitrogens is 3. The highest BCUT2D eigenvalue weighted by molar-refractivity contribution is 8.00. The van der Waals surface area contributed by atoms with E-state index in [4.69, 9.17) is 10.7 Å². The number of alkyl halides is 3. The lowest BCUT2D eigenvalue weighted by atomic mass is 10.2. The Hall–Kier alpha value is -2.43. The number of rotatable bonds is 5. The van der Waals surface area contributed by atoms with Crippen LogP contribution < -0.4 is 20.3 Å². The van der Waals surface area contributed by atoms with Gasteiger partial charge in [0.2, 0.25) is 5.95 Å². The van der Waals surface area contributed by atoms with Crippen molar-refractivity contribution in [3.8, 4) is 17.0 Å². The number of nitrogens with zero attached hydrogens (tertiary/aromatic N) is 5. The minimum absolute atomic E-state index is 0.123. The fourth-order valence-electron chi connectivity index (χ4n) is 4.22. The Labute approximate surface area is 175 Å². The van der Waals surface area contributed by atoms with Crippen molar-refractivity contribution in [3.63, 3.8) is 0 Å². The summed E-state index contributed by atoms with van der Waals surface area (Å²) in [6.45, 7) is -1.34. The van der Waals surface area contributed by atoms with E-state index in [1.165, 1.54) is 12.3 Å². The Morgan fingerprint density at radius 2 is 2.10 bits per heavy atom. The van der Waals surface area contributed by atoms with Crippen molar-refractivity contribution < 1.29 is 17.9 Å². The number of hydrogen-bond donors (Lipinski definition) is 1. The van der Waals surface area contributed by atoms with Gasteiger partial charge in [0.1, 0.15) is 12.0 Å². The van der Waals surface area contributed by atoms with E-state index >= 15 is 0 Å². The lowest BCUT2D eigenvalue weighted by Gasteiger charge is -2.29. The van der Waals surface area contributed by atoms with Crippen LogP contribution in [-0.2, 0) is 0 Å². The van der Waals surface area contributed by atoms with Gasteiger partial charge in [-0.25, -0.2) is 14.4 Å². The molecule has 0 radical (unpaired) electrons. The highest BCUT2D eigenvalue weighted by Gasteiger charge is 2.39. The molecule has 3 saturated heterocycles. The maximum Gasteiger partial charge on any atom is 0.387 e. The molecule has 2 N–H and O–H groups in total. The topological polar surface area (TPSA) is 80.4 Å². The van der Waals surface area contributed by atoms with Crippen molar-refractivity contribution in [2.75, 3.05) is 40.9 Å². The van der Waals surface area contributed by atoms with Crippen molar-refractivity contribution in [2.45, 2.75) is 36.9 Å². The van der Waals surface area contributed by atoms with Gasteiger partial charge in [0.25, 0.3) is 0 Å². The Morgan fingerprint density at radius 3 is 2.77 bits per heavy atom. The Balaban J connectivity index is 1.55. The Bertz CT molecular complexity index is 950. The Kier molecular flexibility index (Phi) is 5.00.